The molecule has 0 aliphatic rings. The van der Waals surface area contributed by atoms with Gasteiger partial charge in [0.1, 0.15) is 5.75 Å². The van der Waals surface area contributed by atoms with Gasteiger partial charge in [-0.2, -0.15) is 0 Å². The van der Waals surface area contributed by atoms with Crippen LogP contribution in [-0.2, 0) is 9.59 Å². The average Bonchev–Trinajstić information content (AvgIpc) is 2.36. The van der Waals surface area contributed by atoms with E-state index in [1.807, 2.05) is 6.92 Å². The number of carbonyl (C=O) groups excluding carboxylic acids is 2. The molecule has 98 valence electrons. The Hall–Kier alpha value is -2.08. The Morgan fingerprint density at radius 3 is 2.61 bits per heavy atom. The highest BCUT2D eigenvalue weighted by atomic mass is 16.5. The van der Waals surface area contributed by atoms with Crippen LogP contribution in [0.15, 0.2) is 18.2 Å². The van der Waals surface area contributed by atoms with Crippen molar-refractivity contribution in [3.8, 4) is 5.75 Å². The summed E-state index contributed by atoms with van der Waals surface area (Å²) in [6.45, 7) is 2.41. The summed E-state index contributed by atoms with van der Waals surface area (Å²) in [6, 6.07) is 5.12. The van der Waals surface area contributed by atoms with E-state index < -0.39 is 11.8 Å². The summed E-state index contributed by atoms with van der Waals surface area (Å²) >= 11 is 0. The molecule has 0 spiro atoms. The van der Waals surface area contributed by atoms with Gasteiger partial charge in [-0.25, -0.2) is 0 Å². The molecule has 0 fully saturated rings. The van der Waals surface area contributed by atoms with Crippen LogP contribution in [0.4, 0.5) is 5.69 Å². The Morgan fingerprint density at radius 1 is 1.33 bits per heavy atom. The van der Waals surface area contributed by atoms with Gasteiger partial charge in [0.25, 0.3) is 0 Å². The number of methoxy groups -OCH3 is 1. The van der Waals surface area contributed by atoms with Crippen LogP contribution in [0.2, 0.25) is 0 Å². The van der Waals surface area contributed by atoms with Gasteiger partial charge in [-0.1, -0.05) is 0 Å². The van der Waals surface area contributed by atoms with Crippen molar-refractivity contribution >= 4 is 17.5 Å². The zero-order valence-corrected chi connectivity index (χ0v) is 10.4. The molecule has 4 N–H and O–H groups in total. The molecule has 0 saturated carbocycles. The summed E-state index contributed by atoms with van der Waals surface area (Å²) in [5.74, 6) is -0.692. The summed E-state index contributed by atoms with van der Waals surface area (Å²) in [5, 5.41) is 4.88. The van der Waals surface area contributed by atoms with E-state index in [9.17, 15) is 9.59 Å². The molecule has 6 heteroatoms. The van der Waals surface area contributed by atoms with Crippen LogP contribution in [0.5, 0.6) is 5.75 Å². The lowest BCUT2D eigenvalue weighted by molar-refractivity contribution is -0.136. The van der Waals surface area contributed by atoms with Crippen molar-refractivity contribution in [2.45, 2.75) is 6.92 Å². The maximum atomic E-state index is 11.5. The van der Waals surface area contributed by atoms with Gasteiger partial charge < -0.3 is 21.1 Å². The number of aryl methyl sites for hydroxylation is 1. The lowest BCUT2D eigenvalue weighted by Crippen LogP contribution is -2.37. The first kappa shape index (κ1) is 14.0. The van der Waals surface area contributed by atoms with E-state index in [-0.39, 0.29) is 6.54 Å². The molecule has 2 amide bonds. The van der Waals surface area contributed by atoms with E-state index in [1.54, 1.807) is 25.3 Å². The highest BCUT2D eigenvalue weighted by molar-refractivity contribution is 6.39. The molecule has 6 nitrogen and oxygen atoms in total. The maximum Gasteiger partial charge on any atom is 0.313 e. The molecule has 0 saturated heterocycles. The van der Waals surface area contributed by atoms with Crippen LogP contribution in [0.25, 0.3) is 0 Å². The predicted octanol–water partition coefficient (Wildman–Crippen LogP) is 0.0170. The van der Waals surface area contributed by atoms with Crippen molar-refractivity contribution in [1.82, 2.24) is 5.32 Å². The molecule has 1 aromatic rings. The van der Waals surface area contributed by atoms with E-state index >= 15 is 0 Å². The van der Waals surface area contributed by atoms with Gasteiger partial charge in [-0.3, -0.25) is 9.59 Å². The zero-order valence-electron chi connectivity index (χ0n) is 10.4. The molecule has 1 rings (SSSR count). The summed E-state index contributed by atoms with van der Waals surface area (Å²) in [6.07, 6.45) is 0. The van der Waals surface area contributed by atoms with E-state index in [4.69, 9.17) is 10.5 Å². The van der Waals surface area contributed by atoms with Crippen LogP contribution < -0.4 is 21.1 Å². The van der Waals surface area contributed by atoms with Crippen LogP contribution >= 0.6 is 0 Å². The van der Waals surface area contributed by atoms with Gasteiger partial charge in [0.15, 0.2) is 0 Å². The van der Waals surface area contributed by atoms with E-state index in [0.29, 0.717) is 12.2 Å². The van der Waals surface area contributed by atoms with Crippen molar-refractivity contribution in [3.63, 3.8) is 0 Å². The standard InChI is InChI=1S/C12H17N3O3/c1-8-7-9(3-4-10(8)18-2)15-12(17)11(16)14-6-5-13/h3-4,7H,5-6,13H2,1-2H3,(H,14,16)(H,15,17). The molecule has 0 bridgehead atoms. The quantitative estimate of drug-likeness (QED) is 0.657. The Morgan fingerprint density at radius 2 is 2.06 bits per heavy atom. The van der Waals surface area contributed by atoms with Crippen molar-refractivity contribution in [2.24, 2.45) is 5.73 Å². The number of ether oxygens (including phenoxy) is 1. The van der Waals surface area contributed by atoms with Gasteiger partial charge in [-0.05, 0) is 30.7 Å². The van der Waals surface area contributed by atoms with Crippen LogP contribution in [0, 0.1) is 6.92 Å². The summed E-state index contributed by atoms with van der Waals surface area (Å²) in [5.41, 5.74) is 6.64. The Balaban J connectivity index is 2.64. The van der Waals surface area contributed by atoms with Crippen LogP contribution in [0.3, 0.4) is 0 Å². The minimum absolute atomic E-state index is 0.272. The highest BCUT2D eigenvalue weighted by Gasteiger charge is 2.13. The number of amides is 2. The zero-order chi connectivity index (χ0) is 13.5. The molecule has 18 heavy (non-hydrogen) atoms. The third-order valence-corrected chi connectivity index (χ3v) is 2.29. The molecule has 0 radical (unpaired) electrons. The Kier molecular flexibility index (Phi) is 5.13. The van der Waals surface area contributed by atoms with E-state index in [0.717, 1.165) is 11.3 Å². The monoisotopic (exact) mass is 251 g/mol. The number of anilines is 1. The number of nitrogens with two attached hydrogens (primary N) is 1. The predicted molar refractivity (Wildman–Crippen MR) is 68.4 cm³/mol. The fraction of sp³-hybridized carbons (Fsp3) is 0.333. The normalized spacial score (nSPS) is 9.72. The van der Waals surface area contributed by atoms with Crippen LogP contribution in [0.1, 0.15) is 5.56 Å². The lowest BCUT2D eigenvalue weighted by Gasteiger charge is -2.08. The third-order valence-electron chi connectivity index (χ3n) is 2.29. The van der Waals surface area contributed by atoms with Crippen molar-refractivity contribution in [1.29, 1.82) is 0 Å². The molecule has 0 aliphatic carbocycles. The van der Waals surface area contributed by atoms with Gasteiger partial charge >= 0.3 is 11.8 Å². The fourth-order valence-electron chi connectivity index (χ4n) is 1.41. The number of hydrogen-bond donors (Lipinski definition) is 3. The number of carbonyl (C=O) groups is 2. The fourth-order valence-corrected chi connectivity index (χ4v) is 1.41. The van der Waals surface area contributed by atoms with Gasteiger partial charge in [0, 0.05) is 18.8 Å². The molecule has 0 aliphatic heterocycles. The topological polar surface area (TPSA) is 93.4 Å². The largest absolute Gasteiger partial charge is 0.496 e. The van der Waals surface area contributed by atoms with Crippen molar-refractivity contribution in [3.05, 3.63) is 23.8 Å². The smallest absolute Gasteiger partial charge is 0.313 e. The average molecular weight is 251 g/mol. The van der Waals surface area contributed by atoms with E-state index in [1.165, 1.54) is 0 Å². The molecular formula is C12H17N3O3. The van der Waals surface area contributed by atoms with Crippen molar-refractivity contribution in [2.75, 3.05) is 25.5 Å². The van der Waals surface area contributed by atoms with Gasteiger partial charge in [-0.15, -0.1) is 0 Å². The SMILES string of the molecule is COc1ccc(NC(=O)C(=O)NCCN)cc1C. The molecule has 0 unspecified atom stereocenters. The third kappa shape index (κ3) is 3.74. The summed E-state index contributed by atoms with van der Waals surface area (Å²) < 4.78 is 5.10. The van der Waals surface area contributed by atoms with E-state index in [2.05, 4.69) is 10.6 Å². The first-order valence-corrected chi connectivity index (χ1v) is 5.52. The van der Waals surface area contributed by atoms with Gasteiger partial charge in [0.2, 0.25) is 0 Å². The Labute approximate surface area is 105 Å². The molecule has 0 aromatic heterocycles. The minimum Gasteiger partial charge on any atom is -0.496 e. The first-order valence-electron chi connectivity index (χ1n) is 5.52. The second kappa shape index (κ2) is 6.61. The Bertz CT molecular complexity index is 446. The van der Waals surface area contributed by atoms with Crippen molar-refractivity contribution < 1.29 is 14.3 Å². The summed E-state index contributed by atoms with van der Waals surface area (Å²) in [7, 11) is 1.57. The maximum absolute atomic E-state index is 11.5. The number of hydrogen-bond acceptors (Lipinski definition) is 4. The minimum atomic E-state index is -0.715. The van der Waals surface area contributed by atoms with Gasteiger partial charge in [0.05, 0.1) is 7.11 Å². The van der Waals surface area contributed by atoms with Crippen LogP contribution in [-0.4, -0.2) is 32.0 Å². The molecule has 0 heterocycles. The highest BCUT2D eigenvalue weighted by Crippen LogP contribution is 2.21. The second-order valence-corrected chi connectivity index (χ2v) is 3.68. The molecular weight excluding hydrogens is 234 g/mol. The number of rotatable bonds is 4. The number of benzene rings is 1. The first-order chi connectivity index (χ1) is 8.58. The number of nitrogens with one attached hydrogen (secondary N) is 2. The molecule has 0 atom stereocenters. The second-order valence-electron chi connectivity index (χ2n) is 3.68. The lowest BCUT2D eigenvalue weighted by atomic mass is 10.2. The molecule has 1 aromatic carbocycles. The summed E-state index contributed by atoms with van der Waals surface area (Å²) in [4.78, 5) is 22.8.